The molecule has 5 nitrogen and oxygen atoms in total. The van der Waals surface area contributed by atoms with Crippen LogP contribution in [0, 0.1) is 5.92 Å². The molecule has 1 atom stereocenters. The summed E-state index contributed by atoms with van der Waals surface area (Å²) in [6, 6.07) is 4.25. The molecule has 0 aliphatic carbocycles. The molecule has 0 saturated carbocycles. The van der Waals surface area contributed by atoms with Crippen molar-refractivity contribution < 1.29 is 15.0 Å². The Kier molecular flexibility index (Phi) is 5.63. The zero-order valence-corrected chi connectivity index (χ0v) is 11.6. The van der Waals surface area contributed by atoms with E-state index in [1.807, 2.05) is 20.8 Å². The smallest absolute Gasteiger partial charge is 0.233 e. The zero-order chi connectivity index (χ0) is 14.4. The Morgan fingerprint density at radius 1 is 1.16 bits per heavy atom. The molecule has 5 heteroatoms. The van der Waals surface area contributed by atoms with Crippen molar-refractivity contribution in [3.63, 3.8) is 0 Å². The minimum Gasteiger partial charge on any atom is -0.508 e. The van der Waals surface area contributed by atoms with E-state index in [0.717, 1.165) is 5.56 Å². The molecular formula is C14H22N2O3. The maximum Gasteiger partial charge on any atom is 0.233 e. The lowest BCUT2D eigenvalue weighted by molar-refractivity contribution is -0.120. The Morgan fingerprint density at radius 3 is 2.26 bits per heavy atom. The van der Waals surface area contributed by atoms with Gasteiger partial charge in [0.05, 0.1) is 6.54 Å². The molecule has 106 valence electrons. The lowest BCUT2D eigenvalue weighted by Crippen LogP contribution is -2.36. The van der Waals surface area contributed by atoms with Gasteiger partial charge in [-0.25, -0.2) is 0 Å². The molecule has 1 aromatic carbocycles. The Bertz CT molecular complexity index is 412. The first-order valence-corrected chi connectivity index (χ1v) is 6.41. The zero-order valence-electron chi connectivity index (χ0n) is 11.6. The number of hydrogen-bond donors (Lipinski definition) is 4. The molecule has 1 rings (SSSR count). The molecule has 0 aliphatic heterocycles. The minimum atomic E-state index is -0.136. The van der Waals surface area contributed by atoms with Crippen LogP contribution in [0.4, 0.5) is 0 Å². The monoisotopic (exact) mass is 266 g/mol. The number of phenolic OH excluding ortho intramolecular Hbond substituents is 2. The van der Waals surface area contributed by atoms with E-state index in [1.54, 1.807) is 12.1 Å². The van der Waals surface area contributed by atoms with Gasteiger partial charge < -0.3 is 20.8 Å². The molecule has 0 aliphatic rings. The highest BCUT2D eigenvalue weighted by atomic mass is 16.3. The largest absolute Gasteiger partial charge is 0.508 e. The van der Waals surface area contributed by atoms with Crippen LogP contribution in [-0.4, -0.2) is 29.2 Å². The third-order valence-electron chi connectivity index (χ3n) is 2.70. The quantitative estimate of drug-likeness (QED) is 0.629. The van der Waals surface area contributed by atoms with E-state index in [1.165, 1.54) is 6.07 Å². The molecule has 0 fully saturated rings. The summed E-state index contributed by atoms with van der Waals surface area (Å²) in [7, 11) is 0. The highest BCUT2D eigenvalue weighted by molar-refractivity contribution is 5.78. The Labute approximate surface area is 113 Å². The van der Waals surface area contributed by atoms with Gasteiger partial charge in [0, 0.05) is 18.7 Å². The fourth-order valence-corrected chi connectivity index (χ4v) is 1.61. The molecule has 1 aromatic rings. The van der Waals surface area contributed by atoms with Crippen molar-refractivity contribution in [3.8, 4) is 11.5 Å². The van der Waals surface area contributed by atoms with Crippen molar-refractivity contribution in [2.75, 3.05) is 13.1 Å². The van der Waals surface area contributed by atoms with Crippen LogP contribution >= 0.6 is 0 Å². The predicted molar refractivity (Wildman–Crippen MR) is 74.0 cm³/mol. The van der Waals surface area contributed by atoms with Crippen molar-refractivity contribution in [2.24, 2.45) is 5.92 Å². The van der Waals surface area contributed by atoms with E-state index < -0.39 is 0 Å². The van der Waals surface area contributed by atoms with Crippen molar-refractivity contribution >= 4 is 5.91 Å². The molecule has 4 N–H and O–H groups in total. The SMILES string of the molecule is CC(C)CNC(=O)CNC(C)c1cc(O)cc(O)c1. The van der Waals surface area contributed by atoms with Crippen LogP contribution < -0.4 is 10.6 Å². The second-order valence-corrected chi connectivity index (χ2v) is 5.08. The van der Waals surface area contributed by atoms with Gasteiger partial charge in [-0.05, 0) is 30.5 Å². The lowest BCUT2D eigenvalue weighted by Gasteiger charge is -2.15. The summed E-state index contributed by atoms with van der Waals surface area (Å²) < 4.78 is 0. The fraction of sp³-hybridized carbons (Fsp3) is 0.500. The maximum atomic E-state index is 11.5. The van der Waals surface area contributed by atoms with Gasteiger partial charge in [-0.15, -0.1) is 0 Å². The standard InChI is InChI=1S/C14H22N2O3/c1-9(2)7-16-14(19)8-15-10(3)11-4-12(17)6-13(18)5-11/h4-6,9-10,15,17-18H,7-8H2,1-3H3,(H,16,19). The number of hydrogen-bond acceptors (Lipinski definition) is 4. The summed E-state index contributed by atoms with van der Waals surface area (Å²) in [5.74, 6) is 0.370. The predicted octanol–water partition coefficient (Wildman–Crippen LogP) is 1.52. The number of nitrogens with one attached hydrogen (secondary N) is 2. The summed E-state index contributed by atoms with van der Waals surface area (Å²) in [5.41, 5.74) is 0.731. The first-order valence-electron chi connectivity index (χ1n) is 6.41. The number of benzene rings is 1. The number of amides is 1. The molecule has 0 bridgehead atoms. The number of rotatable bonds is 6. The summed E-state index contributed by atoms with van der Waals surface area (Å²) in [6.07, 6.45) is 0. The van der Waals surface area contributed by atoms with Gasteiger partial charge in [-0.3, -0.25) is 4.79 Å². The summed E-state index contributed by atoms with van der Waals surface area (Å²) in [6.45, 7) is 6.79. The number of carbonyl (C=O) groups excluding carboxylic acids is 1. The van der Waals surface area contributed by atoms with E-state index in [4.69, 9.17) is 0 Å². The molecule has 0 heterocycles. The number of aromatic hydroxyl groups is 2. The van der Waals surface area contributed by atoms with Crippen molar-refractivity contribution in [1.29, 1.82) is 0 Å². The average molecular weight is 266 g/mol. The molecule has 0 saturated heterocycles. The lowest BCUT2D eigenvalue weighted by atomic mass is 10.1. The van der Waals surface area contributed by atoms with E-state index in [-0.39, 0.29) is 30.0 Å². The van der Waals surface area contributed by atoms with Crippen LogP contribution in [0.3, 0.4) is 0 Å². The fourth-order valence-electron chi connectivity index (χ4n) is 1.61. The molecule has 1 unspecified atom stereocenters. The Balaban J connectivity index is 2.46. The summed E-state index contributed by atoms with van der Waals surface area (Å²) in [4.78, 5) is 11.5. The van der Waals surface area contributed by atoms with E-state index in [0.29, 0.717) is 12.5 Å². The molecule has 19 heavy (non-hydrogen) atoms. The first kappa shape index (κ1) is 15.3. The van der Waals surface area contributed by atoms with E-state index in [2.05, 4.69) is 10.6 Å². The van der Waals surface area contributed by atoms with Crippen molar-refractivity contribution in [2.45, 2.75) is 26.8 Å². The summed E-state index contributed by atoms with van der Waals surface area (Å²) in [5, 5.41) is 24.7. The van der Waals surface area contributed by atoms with Gasteiger partial charge in [0.15, 0.2) is 0 Å². The Hall–Kier alpha value is -1.75. The molecular weight excluding hydrogens is 244 g/mol. The molecule has 0 radical (unpaired) electrons. The average Bonchev–Trinajstić information content (AvgIpc) is 2.32. The highest BCUT2D eigenvalue weighted by Gasteiger charge is 2.09. The van der Waals surface area contributed by atoms with Crippen LogP contribution in [0.5, 0.6) is 11.5 Å². The van der Waals surface area contributed by atoms with Crippen LogP contribution in [0.1, 0.15) is 32.4 Å². The minimum absolute atomic E-state index is 0.00732. The topological polar surface area (TPSA) is 81.6 Å². The normalized spacial score (nSPS) is 12.4. The van der Waals surface area contributed by atoms with Gasteiger partial charge in [0.2, 0.25) is 5.91 Å². The van der Waals surface area contributed by atoms with Crippen molar-refractivity contribution in [3.05, 3.63) is 23.8 Å². The van der Waals surface area contributed by atoms with Gasteiger partial charge in [0.1, 0.15) is 11.5 Å². The van der Waals surface area contributed by atoms with Gasteiger partial charge in [-0.2, -0.15) is 0 Å². The van der Waals surface area contributed by atoms with Gasteiger partial charge in [-0.1, -0.05) is 13.8 Å². The van der Waals surface area contributed by atoms with Crippen LogP contribution in [0.2, 0.25) is 0 Å². The molecule has 1 amide bonds. The maximum absolute atomic E-state index is 11.5. The van der Waals surface area contributed by atoms with Crippen LogP contribution in [-0.2, 0) is 4.79 Å². The van der Waals surface area contributed by atoms with Crippen LogP contribution in [0.15, 0.2) is 18.2 Å². The van der Waals surface area contributed by atoms with Crippen LogP contribution in [0.25, 0.3) is 0 Å². The second kappa shape index (κ2) is 6.99. The third kappa shape index (κ3) is 5.61. The van der Waals surface area contributed by atoms with E-state index in [9.17, 15) is 15.0 Å². The molecule has 0 spiro atoms. The highest BCUT2D eigenvalue weighted by Crippen LogP contribution is 2.24. The second-order valence-electron chi connectivity index (χ2n) is 5.08. The number of carbonyl (C=O) groups is 1. The third-order valence-corrected chi connectivity index (χ3v) is 2.70. The Morgan fingerprint density at radius 2 is 1.74 bits per heavy atom. The van der Waals surface area contributed by atoms with Gasteiger partial charge in [0.25, 0.3) is 0 Å². The van der Waals surface area contributed by atoms with Crippen molar-refractivity contribution in [1.82, 2.24) is 10.6 Å². The van der Waals surface area contributed by atoms with Gasteiger partial charge >= 0.3 is 0 Å². The van der Waals surface area contributed by atoms with E-state index >= 15 is 0 Å². The number of phenols is 2. The molecule has 0 aromatic heterocycles. The summed E-state index contributed by atoms with van der Waals surface area (Å²) >= 11 is 0. The first-order chi connectivity index (χ1) is 8.88.